The predicted octanol–water partition coefficient (Wildman–Crippen LogP) is 5.56. The van der Waals surface area contributed by atoms with E-state index >= 15 is 0 Å². The van der Waals surface area contributed by atoms with Gasteiger partial charge in [-0.2, -0.15) is 0 Å². The zero-order valence-corrected chi connectivity index (χ0v) is 19.0. The topological polar surface area (TPSA) is 47.9 Å². The van der Waals surface area contributed by atoms with E-state index in [4.69, 9.17) is 25.8 Å². The van der Waals surface area contributed by atoms with E-state index in [1.54, 1.807) is 38.1 Å². The number of rotatable bonds is 7. The summed E-state index contributed by atoms with van der Waals surface area (Å²) in [5.41, 5.74) is 0.869. The van der Waals surface area contributed by atoms with Crippen molar-refractivity contribution in [1.29, 1.82) is 0 Å². The highest BCUT2D eigenvalue weighted by Crippen LogP contribution is 2.45. The summed E-state index contributed by atoms with van der Waals surface area (Å²) >= 11 is 6.42. The van der Waals surface area contributed by atoms with Crippen molar-refractivity contribution in [2.75, 3.05) is 13.7 Å². The van der Waals surface area contributed by atoms with E-state index in [2.05, 4.69) is 0 Å². The van der Waals surface area contributed by atoms with Crippen molar-refractivity contribution in [3.8, 4) is 5.75 Å². The van der Waals surface area contributed by atoms with Crippen molar-refractivity contribution in [3.05, 3.63) is 63.9 Å². The maximum Gasteiger partial charge on any atom is 0.197 e. The van der Waals surface area contributed by atoms with Gasteiger partial charge in [0.2, 0.25) is 0 Å². The van der Waals surface area contributed by atoms with Gasteiger partial charge in [0.15, 0.2) is 17.4 Å². The predicted molar refractivity (Wildman–Crippen MR) is 116 cm³/mol. The van der Waals surface area contributed by atoms with Crippen LogP contribution in [0.4, 0.5) is 8.78 Å². The van der Waals surface area contributed by atoms with Crippen molar-refractivity contribution in [3.63, 3.8) is 0 Å². The van der Waals surface area contributed by atoms with Crippen LogP contribution in [0.15, 0.2) is 36.4 Å². The SMILES string of the molecule is CCOc1ccc(Cc2cc([C@@]3(OC)CC(O)C[C@@](C)(C(C)F)O3)ccc2Cl)cc1F. The van der Waals surface area contributed by atoms with Crippen molar-refractivity contribution < 1.29 is 28.1 Å². The molecule has 0 radical (unpaired) electrons. The van der Waals surface area contributed by atoms with Gasteiger partial charge in [-0.15, -0.1) is 0 Å². The molecule has 1 fully saturated rings. The minimum absolute atomic E-state index is 0.157. The van der Waals surface area contributed by atoms with Gasteiger partial charge in [0.25, 0.3) is 0 Å². The van der Waals surface area contributed by atoms with Gasteiger partial charge >= 0.3 is 0 Å². The molecule has 2 unspecified atom stereocenters. The van der Waals surface area contributed by atoms with E-state index in [9.17, 15) is 13.9 Å². The quantitative estimate of drug-likeness (QED) is 0.595. The standard InChI is InChI=1S/C24H29ClF2O4/c1-5-30-22-9-6-16(11-21(22)27)10-17-12-18(7-8-20(17)25)24(29-4)14-19(28)13-23(3,31-24)15(2)26/h6-9,11-12,15,19,28H,5,10,13-14H2,1-4H3/t15?,19?,23-,24+/m0/s1. The Hall–Kier alpha value is -1.73. The fraction of sp³-hybridized carbons (Fsp3) is 0.500. The number of halogens is 3. The fourth-order valence-electron chi connectivity index (χ4n) is 4.07. The first-order valence-electron chi connectivity index (χ1n) is 10.4. The van der Waals surface area contributed by atoms with Crippen LogP contribution in [0.2, 0.25) is 5.02 Å². The molecule has 4 atom stereocenters. The number of alkyl halides is 1. The summed E-state index contributed by atoms with van der Waals surface area (Å²) in [7, 11) is 1.47. The molecular formula is C24H29ClF2O4. The maximum absolute atomic E-state index is 14.3. The Kier molecular flexibility index (Phi) is 7.26. The largest absolute Gasteiger partial charge is 0.491 e. The Balaban J connectivity index is 1.95. The molecule has 0 saturated carbocycles. The third-order valence-electron chi connectivity index (χ3n) is 5.89. The van der Waals surface area contributed by atoms with E-state index in [1.807, 2.05) is 6.07 Å². The Morgan fingerprint density at radius 2 is 2.00 bits per heavy atom. The van der Waals surface area contributed by atoms with Gasteiger partial charge in [0, 0.05) is 30.5 Å². The molecule has 1 N–H and O–H groups in total. The monoisotopic (exact) mass is 454 g/mol. The lowest BCUT2D eigenvalue weighted by Gasteiger charge is -2.48. The lowest BCUT2D eigenvalue weighted by molar-refractivity contribution is -0.334. The van der Waals surface area contributed by atoms with E-state index in [-0.39, 0.29) is 18.6 Å². The molecule has 0 aliphatic carbocycles. The summed E-state index contributed by atoms with van der Waals surface area (Å²) in [6.45, 7) is 5.22. The summed E-state index contributed by atoms with van der Waals surface area (Å²) in [6, 6.07) is 10.1. The molecule has 170 valence electrons. The van der Waals surface area contributed by atoms with Gasteiger partial charge < -0.3 is 19.3 Å². The summed E-state index contributed by atoms with van der Waals surface area (Å²) in [4.78, 5) is 0. The van der Waals surface area contributed by atoms with Gasteiger partial charge in [-0.3, -0.25) is 0 Å². The molecule has 4 nitrogen and oxygen atoms in total. The minimum atomic E-state index is -1.32. The van der Waals surface area contributed by atoms with Gasteiger partial charge in [0.05, 0.1) is 12.7 Å². The van der Waals surface area contributed by atoms with Crippen molar-refractivity contribution in [2.24, 2.45) is 0 Å². The van der Waals surface area contributed by atoms with Crippen LogP contribution in [0.5, 0.6) is 5.75 Å². The van der Waals surface area contributed by atoms with E-state index < -0.39 is 29.5 Å². The van der Waals surface area contributed by atoms with Crippen LogP contribution in [0, 0.1) is 5.82 Å². The van der Waals surface area contributed by atoms with Crippen LogP contribution < -0.4 is 4.74 Å². The third-order valence-corrected chi connectivity index (χ3v) is 6.26. The van der Waals surface area contributed by atoms with Crippen LogP contribution in [0.25, 0.3) is 0 Å². The van der Waals surface area contributed by atoms with E-state index in [0.29, 0.717) is 23.6 Å². The van der Waals surface area contributed by atoms with E-state index in [0.717, 1.165) is 11.1 Å². The number of methoxy groups -OCH3 is 1. The summed E-state index contributed by atoms with van der Waals surface area (Å²) in [6.07, 6.45) is -1.41. The first-order valence-corrected chi connectivity index (χ1v) is 10.8. The number of hydrogen-bond donors (Lipinski definition) is 1. The summed E-state index contributed by atoms with van der Waals surface area (Å²) in [5, 5.41) is 11.0. The molecule has 0 bridgehead atoms. The van der Waals surface area contributed by atoms with Crippen LogP contribution in [-0.2, 0) is 21.7 Å². The molecular weight excluding hydrogens is 426 g/mol. The van der Waals surface area contributed by atoms with Crippen LogP contribution >= 0.6 is 11.6 Å². The lowest BCUT2D eigenvalue weighted by atomic mass is 9.83. The number of ether oxygens (including phenoxy) is 3. The van der Waals surface area contributed by atoms with Gasteiger partial charge in [-0.25, -0.2) is 8.78 Å². The molecule has 3 rings (SSSR count). The van der Waals surface area contributed by atoms with Crippen LogP contribution in [-0.4, -0.2) is 36.7 Å². The summed E-state index contributed by atoms with van der Waals surface area (Å²) in [5.74, 6) is -1.56. The number of aliphatic hydroxyl groups is 1. The van der Waals surface area contributed by atoms with Crippen molar-refractivity contribution in [2.45, 2.75) is 63.7 Å². The second-order valence-corrected chi connectivity index (χ2v) is 8.64. The Labute approximate surface area is 187 Å². The average molecular weight is 455 g/mol. The Bertz CT molecular complexity index is 922. The molecule has 0 amide bonds. The molecule has 2 aromatic rings. The Morgan fingerprint density at radius 3 is 2.61 bits per heavy atom. The van der Waals surface area contributed by atoms with Crippen molar-refractivity contribution >= 4 is 11.6 Å². The van der Waals surface area contributed by atoms with Crippen molar-refractivity contribution in [1.82, 2.24) is 0 Å². The zero-order valence-electron chi connectivity index (χ0n) is 18.3. The molecule has 1 heterocycles. The van der Waals surface area contributed by atoms with Gasteiger partial charge in [0.1, 0.15) is 11.8 Å². The molecule has 1 aliphatic heterocycles. The molecule has 1 saturated heterocycles. The number of aliphatic hydroxyl groups excluding tert-OH is 1. The molecule has 31 heavy (non-hydrogen) atoms. The Morgan fingerprint density at radius 1 is 1.26 bits per heavy atom. The number of hydrogen-bond acceptors (Lipinski definition) is 4. The lowest BCUT2D eigenvalue weighted by Crippen LogP contribution is -2.54. The molecule has 0 aromatic heterocycles. The third kappa shape index (κ3) is 5.03. The second kappa shape index (κ2) is 9.41. The zero-order chi connectivity index (χ0) is 22.8. The van der Waals surface area contributed by atoms with Gasteiger partial charge in [-0.05, 0) is 62.6 Å². The van der Waals surface area contributed by atoms with Crippen LogP contribution in [0.1, 0.15) is 50.3 Å². The average Bonchev–Trinajstić information content (AvgIpc) is 2.71. The van der Waals surface area contributed by atoms with E-state index in [1.165, 1.54) is 20.1 Å². The highest BCUT2D eigenvalue weighted by Gasteiger charge is 2.51. The summed E-state index contributed by atoms with van der Waals surface area (Å²) < 4.78 is 45.7. The smallest absolute Gasteiger partial charge is 0.197 e. The highest BCUT2D eigenvalue weighted by atomic mass is 35.5. The minimum Gasteiger partial charge on any atom is -0.491 e. The highest BCUT2D eigenvalue weighted by molar-refractivity contribution is 6.31. The maximum atomic E-state index is 14.3. The first kappa shape index (κ1) is 23.9. The fourth-order valence-corrected chi connectivity index (χ4v) is 4.25. The first-order chi connectivity index (χ1) is 14.6. The molecule has 2 aromatic carbocycles. The molecule has 7 heteroatoms. The van der Waals surface area contributed by atoms with Gasteiger partial charge in [-0.1, -0.05) is 23.7 Å². The normalized spacial score (nSPS) is 27.2. The molecule has 0 spiro atoms. The number of benzene rings is 2. The van der Waals surface area contributed by atoms with Crippen LogP contribution in [0.3, 0.4) is 0 Å². The molecule has 1 aliphatic rings. The second-order valence-electron chi connectivity index (χ2n) is 8.23.